The van der Waals surface area contributed by atoms with Gasteiger partial charge in [0.15, 0.2) is 0 Å². The van der Waals surface area contributed by atoms with Gasteiger partial charge in [-0.25, -0.2) is 0 Å². The lowest BCUT2D eigenvalue weighted by Crippen LogP contribution is -2.09. The molecule has 6 nitrogen and oxygen atoms in total. The van der Waals surface area contributed by atoms with E-state index in [0.29, 0.717) is 5.95 Å². The third-order valence-corrected chi connectivity index (χ3v) is 1.20. The summed E-state index contributed by atoms with van der Waals surface area (Å²) in [6, 6.07) is 0. The molecule has 0 radical (unpaired) electrons. The molecule has 1 aromatic rings. The molecule has 13 heavy (non-hydrogen) atoms. The molecule has 74 valence electrons. The molecule has 7 heteroatoms. The Morgan fingerprint density at radius 1 is 1.15 bits per heavy atom. The van der Waals surface area contributed by atoms with Crippen LogP contribution in [0.15, 0.2) is 0 Å². The van der Waals surface area contributed by atoms with E-state index >= 15 is 0 Å². The van der Waals surface area contributed by atoms with Crippen LogP contribution in [0.1, 0.15) is 13.3 Å². The molecule has 1 rings (SSSR count). The fourth-order valence-corrected chi connectivity index (χ4v) is 0.725. The highest BCUT2D eigenvalue weighted by Crippen LogP contribution is 2.02. The normalized spacial score (nSPS) is 9.00. The Bertz CT molecular complexity index is 245. The second kappa shape index (κ2) is 5.36. The monoisotopic (exact) mass is 204 g/mol. The topological polar surface area (TPSA) is 103 Å². The molecule has 0 atom stereocenters. The second-order valence-corrected chi connectivity index (χ2v) is 2.30. The van der Waals surface area contributed by atoms with Gasteiger partial charge in [0.1, 0.15) is 0 Å². The van der Waals surface area contributed by atoms with E-state index in [2.05, 4.69) is 20.3 Å². The van der Waals surface area contributed by atoms with E-state index in [1.165, 1.54) is 0 Å². The van der Waals surface area contributed by atoms with Crippen molar-refractivity contribution < 1.29 is 0 Å². The minimum absolute atomic E-state index is 0. The Balaban J connectivity index is 0.00000144. The van der Waals surface area contributed by atoms with Crippen LogP contribution < -0.4 is 16.8 Å². The summed E-state index contributed by atoms with van der Waals surface area (Å²) in [6.45, 7) is 2.84. The van der Waals surface area contributed by atoms with E-state index < -0.39 is 0 Å². The largest absolute Gasteiger partial charge is 0.368 e. The molecule has 0 spiro atoms. The Labute approximate surface area is 82.6 Å². The highest BCUT2D eigenvalue weighted by atomic mass is 35.5. The molecule has 0 fully saturated rings. The molecule has 0 aliphatic rings. The molecule has 0 aliphatic carbocycles. The van der Waals surface area contributed by atoms with E-state index in [4.69, 9.17) is 11.5 Å². The lowest BCUT2D eigenvalue weighted by molar-refractivity contribution is 0.945. The Morgan fingerprint density at radius 2 is 1.69 bits per heavy atom. The molecule has 5 N–H and O–H groups in total. The van der Waals surface area contributed by atoms with Gasteiger partial charge in [0.05, 0.1) is 0 Å². The molecule has 0 saturated heterocycles. The van der Waals surface area contributed by atoms with E-state index in [-0.39, 0.29) is 24.3 Å². The van der Waals surface area contributed by atoms with Crippen LogP contribution in [0, 0.1) is 0 Å². The second-order valence-electron chi connectivity index (χ2n) is 2.30. The Hall–Kier alpha value is -1.30. The van der Waals surface area contributed by atoms with E-state index in [0.717, 1.165) is 13.0 Å². The van der Waals surface area contributed by atoms with Crippen molar-refractivity contribution in [3.63, 3.8) is 0 Å². The third-order valence-electron chi connectivity index (χ3n) is 1.20. The minimum Gasteiger partial charge on any atom is -0.368 e. The molecule has 0 bridgehead atoms. The van der Waals surface area contributed by atoms with Gasteiger partial charge in [0.25, 0.3) is 0 Å². The number of nitrogens with one attached hydrogen (secondary N) is 1. The van der Waals surface area contributed by atoms with E-state index in [9.17, 15) is 0 Å². The van der Waals surface area contributed by atoms with Crippen LogP contribution in [0.25, 0.3) is 0 Å². The van der Waals surface area contributed by atoms with Crippen LogP contribution in [0.5, 0.6) is 0 Å². The van der Waals surface area contributed by atoms with E-state index in [1.54, 1.807) is 0 Å². The summed E-state index contributed by atoms with van der Waals surface area (Å²) in [4.78, 5) is 11.3. The number of nitrogen functional groups attached to an aromatic ring is 2. The SMILES string of the molecule is CCCNc1nc(N)nc(N)n1.Cl. The van der Waals surface area contributed by atoms with Crippen molar-refractivity contribution in [1.29, 1.82) is 0 Å². The number of hydrogen-bond acceptors (Lipinski definition) is 6. The number of rotatable bonds is 3. The molecule has 0 unspecified atom stereocenters. The van der Waals surface area contributed by atoms with Gasteiger partial charge < -0.3 is 16.8 Å². The van der Waals surface area contributed by atoms with Crippen molar-refractivity contribution in [3.05, 3.63) is 0 Å². The summed E-state index contributed by atoms with van der Waals surface area (Å²) >= 11 is 0. The highest BCUT2D eigenvalue weighted by molar-refractivity contribution is 5.85. The molecule has 0 aromatic carbocycles. The molecule has 1 aromatic heterocycles. The van der Waals surface area contributed by atoms with Crippen molar-refractivity contribution in [3.8, 4) is 0 Å². The number of anilines is 3. The number of hydrogen-bond donors (Lipinski definition) is 3. The van der Waals surface area contributed by atoms with Crippen molar-refractivity contribution >= 4 is 30.3 Å². The van der Waals surface area contributed by atoms with Crippen LogP contribution >= 0.6 is 12.4 Å². The van der Waals surface area contributed by atoms with Crippen LogP contribution in [0.2, 0.25) is 0 Å². The van der Waals surface area contributed by atoms with Gasteiger partial charge in [-0.05, 0) is 6.42 Å². The average molecular weight is 205 g/mol. The average Bonchev–Trinajstić information content (AvgIpc) is 1.99. The van der Waals surface area contributed by atoms with Crippen LogP contribution in [-0.4, -0.2) is 21.5 Å². The van der Waals surface area contributed by atoms with Crippen LogP contribution in [0.4, 0.5) is 17.8 Å². The fourth-order valence-electron chi connectivity index (χ4n) is 0.725. The maximum atomic E-state index is 5.35. The van der Waals surface area contributed by atoms with Crippen LogP contribution in [0.3, 0.4) is 0 Å². The fraction of sp³-hybridized carbons (Fsp3) is 0.500. The predicted octanol–water partition coefficient (Wildman–Crippen LogP) is 0.280. The predicted molar refractivity (Wildman–Crippen MR) is 54.7 cm³/mol. The smallest absolute Gasteiger partial charge is 0.229 e. The minimum atomic E-state index is 0. The van der Waals surface area contributed by atoms with Gasteiger partial charge in [0, 0.05) is 6.54 Å². The molecular weight excluding hydrogens is 192 g/mol. The van der Waals surface area contributed by atoms with Gasteiger partial charge in [-0.3, -0.25) is 0 Å². The molecule has 0 saturated carbocycles. The first-order chi connectivity index (χ1) is 5.72. The lowest BCUT2D eigenvalue weighted by atomic mass is 10.5. The lowest BCUT2D eigenvalue weighted by Gasteiger charge is -2.02. The zero-order chi connectivity index (χ0) is 8.97. The summed E-state index contributed by atoms with van der Waals surface area (Å²) in [5.41, 5.74) is 10.7. The standard InChI is InChI=1S/C6H12N6.ClH/c1-2-3-9-6-11-4(7)10-5(8)12-6;/h2-3H2,1H3,(H5,7,8,9,10,11,12);1H. The molecule has 1 heterocycles. The summed E-state index contributed by atoms with van der Waals surface area (Å²) in [5.74, 6) is 0.712. The Kier molecular flexibility index (Phi) is 4.83. The van der Waals surface area contributed by atoms with Gasteiger partial charge in [0.2, 0.25) is 17.8 Å². The zero-order valence-electron chi connectivity index (χ0n) is 7.32. The summed E-state index contributed by atoms with van der Waals surface area (Å²) in [7, 11) is 0. The molecular formula is C6H13ClN6. The number of nitrogens with two attached hydrogens (primary N) is 2. The number of halogens is 1. The first-order valence-electron chi connectivity index (χ1n) is 3.73. The highest BCUT2D eigenvalue weighted by Gasteiger charge is 1.98. The summed E-state index contributed by atoms with van der Waals surface area (Å²) in [6.07, 6.45) is 0.992. The van der Waals surface area contributed by atoms with Gasteiger partial charge >= 0.3 is 0 Å². The first kappa shape index (κ1) is 11.7. The van der Waals surface area contributed by atoms with Crippen molar-refractivity contribution in [1.82, 2.24) is 15.0 Å². The number of aromatic nitrogens is 3. The van der Waals surface area contributed by atoms with Crippen LogP contribution in [-0.2, 0) is 0 Å². The molecule has 0 aliphatic heterocycles. The van der Waals surface area contributed by atoms with Gasteiger partial charge in [-0.2, -0.15) is 15.0 Å². The summed E-state index contributed by atoms with van der Waals surface area (Å²) < 4.78 is 0. The van der Waals surface area contributed by atoms with Crippen molar-refractivity contribution in [2.75, 3.05) is 23.3 Å². The summed E-state index contributed by atoms with van der Waals surface area (Å²) in [5, 5.41) is 2.95. The third kappa shape index (κ3) is 3.75. The Morgan fingerprint density at radius 3 is 2.15 bits per heavy atom. The van der Waals surface area contributed by atoms with Crippen molar-refractivity contribution in [2.24, 2.45) is 0 Å². The quantitative estimate of drug-likeness (QED) is 0.654. The van der Waals surface area contributed by atoms with Gasteiger partial charge in [-0.1, -0.05) is 6.92 Å². The van der Waals surface area contributed by atoms with E-state index in [1.807, 2.05) is 6.92 Å². The zero-order valence-corrected chi connectivity index (χ0v) is 8.14. The van der Waals surface area contributed by atoms with Gasteiger partial charge in [-0.15, -0.1) is 12.4 Å². The van der Waals surface area contributed by atoms with Crippen molar-refractivity contribution in [2.45, 2.75) is 13.3 Å². The maximum absolute atomic E-state index is 5.35. The number of nitrogens with zero attached hydrogens (tertiary/aromatic N) is 3. The first-order valence-corrected chi connectivity index (χ1v) is 3.73. The molecule has 0 amide bonds. The maximum Gasteiger partial charge on any atom is 0.229 e.